The summed E-state index contributed by atoms with van der Waals surface area (Å²) in [7, 11) is -0.673. The van der Waals surface area contributed by atoms with Crippen LogP contribution in [0.5, 0.6) is 5.75 Å². The van der Waals surface area contributed by atoms with Gasteiger partial charge in [0, 0.05) is 36.7 Å². The largest absolute Gasteiger partial charge is 0.497 e. The number of aromatic nitrogens is 3. The molecule has 0 radical (unpaired) electrons. The van der Waals surface area contributed by atoms with Gasteiger partial charge in [0.05, 0.1) is 39.7 Å². The number of carbonyl (C=O) groups is 2. The second kappa shape index (κ2) is 14.9. The first kappa shape index (κ1) is 36.9. The van der Waals surface area contributed by atoms with E-state index in [0.29, 0.717) is 38.2 Å². The van der Waals surface area contributed by atoms with Gasteiger partial charge in [-0.3, -0.25) is 14.3 Å². The summed E-state index contributed by atoms with van der Waals surface area (Å²) in [5, 5.41) is 21.0. The van der Waals surface area contributed by atoms with E-state index in [1.54, 1.807) is 18.0 Å². The van der Waals surface area contributed by atoms with Gasteiger partial charge in [-0.25, -0.2) is 0 Å². The molecule has 4 heterocycles. The van der Waals surface area contributed by atoms with Crippen LogP contribution in [0, 0.1) is 5.92 Å². The summed E-state index contributed by atoms with van der Waals surface area (Å²) in [5.41, 5.74) is 3.71. The summed E-state index contributed by atoms with van der Waals surface area (Å²) in [4.78, 5) is 31.8. The molecule has 2 fully saturated rings. The summed E-state index contributed by atoms with van der Waals surface area (Å²) in [5.74, 6) is 0.750. The number of ether oxygens (including phenoxy) is 2. The van der Waals surface area contributed by atoms with Crippen molar-refractivity contribution in [1.82, 2.24) is 15.0 Å². The lowest BCUT2D eigenvalue weighted by Crippen LogP contribution is -2.51. The van der Waals surface area contributed by atoms with Crippen LogP contribution in [-0.4, -0.2) is 59.7 Å². The second-order valence-electron chi connectivity index (χ2n) is 15.7. The van der Waals surface area contributed by atoms with Gasteiger partial charge in [0.1, 0.15) is 17.5 Å². The highest BCUT2D eigenvalue weighted by molar-refractivity contribution is 6.91. The van der Waals surface area contributed by atoms with Crippen molar-refractivity contribution in [1.29, 1.82) is 0 Å². The van der Waals surface area contributed by atoms with E-state index in [1.165, 1.54) is 5.19 Å². The van der Waals surface area contributed by atoms with Gasteiger partial charge in [0.2, 0.25) is 5.91 Å². The molecule has 10 nitrogen and oxygen atoms in total. The topological polar surface area (TPSA) is 110 Å². The highest BCUT2D eigenvalue weighted by atomic mass is 28.3. The van der Waals surface area contributed by atoms with Crippen molar-refractivity contribution in [3.8, 4) is 5.75 Å². The number of carbonyl (C=O) groups excluding carboxylic acids is 2. The normalized spacial score (nSPS) is 23.0. The molecule has 0 saturated carbocycles. The Hall–Kier alpha value is -5.10. The van der Waals surface area contributed by atoms with Crippen LogP contribution in [0.15, 0.2) is 109 Å². The summed E-state index contributed by atoms with van der Waals surface area (Å²) in [6, 6.07) is 34.0. The molecule has 4 aromatic carbocycles. The maximum atomic E-state index is 15.2. The summed E-state index contributed by atoms with van der Waals surface area (Å²) < 4.78 is 14.6. The molecular weight excluding hydrogens is 707 g/mol. The van der Waals surface area contributed by atoms with Crippen LogP contribution in [0.2, 0.25) is 18.6 Å². The molecule has 1 aromatic heterocycles. The predicted octanol–water partition coefficient (Wildman–Crippen LogP) is 6.74. The Morgan fingerprint density at radius 1 is 0.964 bits per heavy atom. The number of nitrogens with zero attached hydrogens (tertiary/aromatic N) is 5. The van der Waals surface area contributed by atoms with Gasteiger partial charge in [0.15, 0.2) is 5.60 Å². The van der Waals surface area contributed by atoms with Gasteiger partial charge in [-0.2, -0.15) is 0 Å². The van der Waals surface area contributed by atoms with Crippen LogP contribution >= 0.6 is 0 Å². The SMILES string of the molecule is COc1ccc([Si](C)(C)[C@H]2[C@H](CCn3cc([C@H](O)c4ccccc4)nn3)O[C@@]3(C(=O)N(Cc4cccc(N5CCCCC5=O)c4)c4ccccc43)[C@@H]2C)cc1. The van der Waals surface area contributed by atoms with E-state index in [4.69, 9.17) is 9.47 Å². The number of fused-ring (bicyclic) bond motifs is 2. The monoisotopic (exact) mass is 755 g/mol. The Morgan fingerprint density at radius 2 is 1.73 bits per heavy atom. The molecule has 5 atom stereocenters. The van der Waals surface area contributed by atoms with Gasteiger partial charge in [-0.1, -0.05) is 103 Å². The Labute approximate surface area is 323 Å². The predicted molar refractivity (Wildman–Crippen MR) is 215 cm³/mol. The first-order chi connectivity index (χ1) is 26.6. The third-order valence-corrected chi connectivity index (χ3v) is 16.6. The van der Waals surface area contributed by atoms with E-state index in [1.807, 2.05) is 88.7 Å². The Bertz CT molecular complexity index is 2170. The number of para-hydroxylation sites is 1. The molecular formula is C44H49N5O5Si. The van der Waals surface area contributed by atoms with Gasteiger partial charge in [0.25, 0.3) is 5.91 Å². The first-order valence-corrected chi connectivity index (χ1v) is 22.5. The number of amides is 2. The Balaban J connectivity index is 1.12. The third kappa shape index (κ3) is 6.57. The number of hydrogen-bond acceptors (Lipinski definition) is 7. The molecule has 55 heavy (non-hydrogen) atoms. The summed E-state index contributed by atoms with van der Waals surface area (Å²) >= 11 is 0. The maximum absolute atomic E-state index is 15.2. The Morgan fingerprint density at radius 3 is 2.49 bits per heavy atom. The molecule has 3 aliphatic rings. The minimum Gasteiger partial charge on any atom is -0.497 e. The lowest BCUT2D eigenvalue weighted by molar-refractivity contribution is -0.146. The van der Waals surface area contributed by atoms with Crippen molar-refractivity contribution in [2.75, 3.05) is 23.5 Å². The van der Waals surface area contributed by atoms with Crippen molar-refractivity contribution in [3.63, 3.8) is 0 Å². The van der Waals surface area contributed by atoms with Gasteiger partial charge in [-0.05, 0) is 66.3 Å². The fraction of sp³-hybridized carbons (Fsp3) is 0.364. The highest BCUT2D eigenvalue weighted by Gasteiger charge is 2.66. The number of methoxy groups -OCH3 is 1. The molecule has 8 rings (SSSR count). The molecule has 1 N–H and O–H groups in total. The van der Waals surface area contributed by atoms with Crippen LogP contribution < -0.4 is 19.7 Å². The number of aryl methyl sites for hydroxylation is 1. The fourth-order valence-corrected chi connectivity index (χ4v) is 13.5. The molecule has 0 aliphatic carbocycles. The van der Waals surface area contributed by atoms with Crippen LogP contribution in [0.4, 0.5) is 11.4 Å². The lowest BCUT2D eigenvalue weighted by atomic mass is 9.82. The second-order valence-corrected chi connectivity index (χ2v) is 20.4. The van der Waals surface area contributed by atoms with Crippen LogP contribution in [-0.2, 0) is 33.0 Å². The maximum Gasteiger partial charge on any atom is 0.264 e. The van der Waals surface area contributed by atoms with E-state index in [2.05, 4.69) is 54.6 Å². The van der Waals surface area contributed by atoms with Crippen LogP contribution in [0.1, 0.15) is 61.1 Å². The average molecular weight is 756 g/mol. The number of anilines is 2. The lowest BCUT2D eigenvalue weighted by Gasteiger charge is -2.37. The number of rotatable bonds is 11. The average Bonchev–Trinajstić information content (AvgIpc) is 3.88. The van der Waals surface area contributed by atoms with E-state index in [-0.39, 0.29) is 29.4 Å². The number of aliphatic hydroxyl groups is 1. The van der Waals surface area contributed by atoms with Crippen LogP contribution in [0.25, 0.3) is 0 Å². The molecule has 0 unspecified atom stereocenters. The zero-order valence-electron chi connectivity index (χ0n) is 32.0. The van der Waals surface area contributed by atoms with Crippen molar-refractivity contribution in [2.24, 2.45) is 5.92 Å². The zero-order chi connectivity index (χ0) is 38.3. The smallest absolute Gasteiger partial charge is 0.264 e. The van der Waals surface area contributed by atoms with Crippen molar-refractivity contribution in [3.05, 3.63) is 132 Å². The molecule has 1 spiro atoms. The zero-order valence-corrected chi connectivity index (χ0v) is 33.0. The summed E-state index contributed by atoms with van der Waals surface area (Å²) in [6.07, 6.45) is 3.73. The molecule has 5 aromatic rings. The third-order valence-electron chi connectivity index (χ3n) is 12.2. The van der Waals surface area contributed by atoms with Crippen LogP contribution in [0.3, 0.4) is 0 Å². The molecule has 2 amide bonds. The van der Waals surface area contributed by atoms with Crippen molar-refractivity contribution in [2.45, 2.75) is 82.1 Å². The van der Waals surface area contributed by atoms with Crippen molar-refractivity contribution < 1.29 is 24.2 Å². The number of aliphatic hydroxyl groups excluding tert-OH is 1. The first-order valence-electron chi connectivity index (χ1n) is 19.4. The number of piperidine rings is 1. The number of hydrogen-bond donors (Lipinski definition) is 1. The highest BCUT2D eigenvalue weighted by Crippen LogP contribution is 2.60. The number of benzene rings is 4. The van der Waals surface area contributed by atoms with Gasteiger partial charge >= 0.3 is 0 Å². The molecule has 3 aliphatic heterocycles. The van der Waals surface area contributed by atoms with E-state index in [9.17, 15) is 9.90 Å². The molecule has 0 bridgehead atoms. The standard InChI is InChI=1S/C44H49N5O5Si/c1-30-42(55(3,4)35-22-20-34(53-2)21-23-35)39(24-26-47-29-37(45-46-47)41(51)32-14-6-5-7-15-32)54-44(30)36-17-8-9-18-38(36)49(43(44)52)28-31-13-12-16-33(27-31)48-25-11-10-19-40(48)50/h5-9,12-18,20-23,27,29-30,39,41-42,51H,10-11,19,24-26,28H2,1-4H3/t30-,39+,41-,42-,44+/m1/s1. The van der Waals surface area contributed by atoms with Gasteiger partial charge in [-0.15, -0.1) is 5.10 Å². The van der Waals surface area contributed by atoms with Gasteiger partial charge < -0.3 is 24.4 Å². The quantitative estimate of drug-likeness (QED) is 0.149. The summed E-state index contributed by atoms with van der Waals surface area (Å²) in [6.45, 7) is 8.55. The van der Waals surface area contributed by atoms with Crippen molar-refractivity contribution >= 4 is 36.4 Å². The van der Waals surface area contributed by atoms with E-state index in [0.717, 1.165) is 46.7 Å². The fourth-order valence-electron chi connectivity index (χ4n) is 9.39. The Kier molecular flexibility index (Phi) is 9.95. The molecule has 11 heteroatoms. The molecule has 2 saturated heterocycles. The molecule has 284 valence electrons. The van der Waals surface area contributed by atoms with E-state index >= 15 is 4.79 Å². The minimum absolute atomic E-state index is 0.0540. The van der Waals surface area contributed by atoms with E-state index < -0.39 is 19.8 Å². The minimum atomic E-state index is -2.35.